The van der Waals surface area contributed by atoms with Gasteiger partial charge >= 0.3 is 0 Å². The Bertz CT molecular complexity index is 252. The molecular weight excluding hydrogens is 309 g/mol. The molecule has 4 nitrogen and oxygen atoms in total. The molecule has 2 N–H and O–H groups in total. The molecule has 0 fully saturated rings. The average molecular weight is 349 g/mol. The molecule has 0 aliphatic rings. The van der Waals surface area contributed by atoms with Gasteiger partial charge in [-0.3, -0.25) is 4.57 Å². The van der Waals surface area contributed by atoms with E-state index in [4.69, 9.17) is 15.0 Å². The number of rotatable bonds is 18. The van der Waals surface area contributed by atoms with E-state index in [-0.39, 0.29) is 6.23 Å². The summed E-state index contributed by atoms with van der Waals surface area (Å²) in [4.78, 5) is 0. The van der Waals surface area contributed by atoms with Crippen molar-refractivity contribution in [3.63, 3.8) is 0 Å². The number of ether oxygens (including phenoxy) is 1. The third kappa shape index (κ3) is 18.3. The van der Waals surface area contributed by atoms with E-state index in [1.54, 1.807) is 6.92 Å². The second kappa shape index (κ2) is 18.4. The van der Waals surface area contributed by atoms with Crippen LogP contribution in [-0.2, 0) is 13.8 Å². The van der Waals surface area contributed by atoms with Gasteiger partial charge in [-0.1, -0.05) is 84.0 Å². The predicted octanol–water partition coefficient (Wildman–Crippen LogP) is 5.80. The zero-order chi connectivity index (χ0) is 17.2. The van der Waals surface area contributed by atoms with Crippen molar-refractivity contribution in [1.29, 1.82) is 0 Å². The zero-order valence-electron chi connectivity index (χ0n) is 15.4. The largest absolute Gasteiger partial charge is 0.335 e. The van der Waals surface area contributed by atoms with Crippen molar-refractivity contribution in [2.45, 2.75) is 116 Å². The van der Waals surface area contributed by atoms with E-state index in [9.17, 15) is 4.57 Å². The molecule has 0 spiro atoms. The molecule has 0 saturated heterocycles. The fourth-order valence-electron chi connectivity index (χ4n) is 2.80. The lowest BCUT2D eigenvalue weighted by Crippen LogP contribution is -2.26. The smallest absolute Gasteiger partial charge is 0.182 e. The summed E-state index contributed by atoms with van der Waals surface area (Å²) in [5, 5.41) is 0. The van der Waals surface area contributed by atoms with Gasteiger partial charge in [0.05, 0.1) is 0 Å². The summed E-state index contributed by atoms with van der Waals surface area (Å²) < 4.78 is 21.1. The summed E-state index contributed by atoms with van der Waals surface area (Å²) in [6.07, 6.45) is 17.4. The summed E-state index contributed by atoms with van der Waals surface area (Å²) in [5.74, 6) is 0. The molecular formula is C18H40NO3P. The molecule has 5 heteroatoms. The lowest BCUT2D eigenvalue weighted by molar-refractivity contribution is -0.110. The minimum absolute atomic E-state index is 0.368. The normalized spacial score (nSPS) is 14.6. The standard InChI is InChI=1S/C18H40NO3P/c1-3-4-5-6-7-8-9-10-11-12-13-14-15-16-18(22-23-20)21-17(2)19/h17-18H,3-16,19,23H2,1-2H3. The summed E-state index contributed by atoms with van der Waals surface area (Å²) in [7, 11) is -1.23. The Morgan fingerprint density at radius 3 is 1.65 bits per heavy atom. The molecule has 0 aromatic rings. The molecule has 0 aliphatic heterocycles. The average Bonchev–Trinajstić information content (AvgIpc) is 2.51. The molecule has 0 aromatic carbocycles. The Labute approximate surface area is 145 Å². The number of unbranched alkanes of at least 4 members (excludes halogenated alkanes) is 12. The van der Waals surface area contributed by atoms with Crippen LogP contribution in [0.4, 0.5) is 0 Å². The van der Waals surface area contributed by atoms with Gasteiger partial charge in [-0.15, -0.1) is 0 Å². The van der Waals surface area contributed by atoms with E-state index in [0.29, 0.717) is 0 Å². The maximum Gasteiger partial charge on any atom is 0.182 e. The third-order valence-corrected chi connectivity index (χ3v) is 4.53. The first kappa shape index (κ1) is 23.1. The summed E-state index contributed by atoms with van der Waals surface area (Å²) in [6, 6.07) is 0. The van der Waals surface area contributed by atoms with Crippen LogP contribution < -0.4 is 5.73 Å². The van der Waals surface area contributed by atoms with E-state index in [0.717, 1.165) is 12.8 Å². The fraction of sp³-hybridized carbons (Fsp3) is 1.00. The van der Waals surface area contributed by atoms with Gasteiger partial charge < -0.3 is 15.0 Å². The Kier molecular flexibility index (Phi) is 18.5. The van der Waals surface area contributed by atoms with Crippen LogP contribution in [0.5, 0.6) is 0 Å². The van der Waals surface area contributed by atoms with Crippen LogP contribution in [0.3, 0.4) is 0 Å². The highest BCUT2D eigenvalue weighted by Crippen LogP contribution is 2.16. The number of hydrogen-bond acceptors (Lipinski definition) is 4. The monoisotopic (exact) mass is 349 g/mol. The molecule has 0 aromatic heterocycles. The van der Waals surface area contributed by atoms with Crippen LogP contribution in [0.25, 0.3) is 0 Å². The highest BCUT2D eigenvalue weighted by atomic mass is 31.1. The van der Waals surface area contributed by atoms with E-state index in [1.807, 2.05) is 0 Å². The number of nitrogens with two attached hydrogens (primary N) is 1. The first-order chi connectivity index (χ1) is 11.2. The van der Waals surface area contributed by atoms with Gasteiger partial charge in [-0.25, -0.2) is 0 Å². The second-order valence-electron chi connectivity index (χ2n) is 6.53. The lowest BCUT2D eigenvalue weighted by Gasteiger charge is -2.17. The summed E-state index contributed by atoms with van der Waals surface area (Å²) >= 11 is 0. The maximum atomic E-state index is 10.6. The van der Waals surface area contributed by atoms with Crippen molar-refractivity contribution in [2.24, 2.45) is 5.73 Å². The quantitative estimate of drug-likeness (QED) is 0.193. The first-order valence-corrected chi connectivity index (χ1v) is 10.6. The Hall–Kier alpha value is 0.110. The van der Waals surface area contributed by atoms with Gasteiger partial charge in [0.2, 0.25) is 0 Å². The van der Waals surface area contributed by atoms with Gasteiger partial charge in [0.15, 0.2) is 15.0 Å². The predicted molar refractivity (Wildman–Crippen MR) is 100 cm³/mol. The van der Waals surface area contributed by atoms with E-state index in [2.05, 4.69) is 6.92 Å². The molecule has 0 aliphatic carbocycles. The fourth-order valence-corrected chi connectivity index (χ4v) is 3.12. The lowest BCUT2D eigenvalue weighted by atomic mass is 10.0. The minimum atomic E-state index is -1.23. The topological polar surface area (TPSA) is 61.5 Å². The van der Waals surface area contributed by atoms with Crippen LogP contribution in [-0.4, -0.2) is 12.5 Å². The molecule has 0 rings (SSSR count). The van der Waals surface area contributed by atoms with E-state index in [1.165, 1.54) is 77.0 Å². The van der Waals surface area contributed by atoms with Crippen molar-refractivity contribution in [3.05, 3.63) is 0 Å². The van der Waals surface area contributed by atoms with Crippen molar-refractivity contribution in [1.82, 2.24) is 0 Å². The molecule has 0 radical (unpaired) electrons. The molecule has 3 atom stereocenters. The van der Waals surface area contributed by atoms with Crippen molar-refractivity contribution < 1.29 is 13.8 Å². The van der Waals surface area contributed by atoms with Crippen molar-refractivity contribution in [2.75, 3.05) is 0 Å². The molecule has 0 bridgehead atoms. The van der Waals surface area contributed by atoms with E-state index < -0.39 is 15.0 Å². The van der Waals surface area contributed by atoms with Crippen LogP contribution in [0.2, 0.25) is 0 Å². The summed E-state index contributed by atoms with van der Waals surface area (Å²) in [6.45, 7) is 4.03. The van der Waals surface area contributed by atoms with Gasteiger partial charge in [0.25, 0.3) is 0 Å². The molecule has 0 amide bonds. The minimum Gasteiger partial charge on any atom is -0.335 e. The van der Waals surface area contributed by atoms with Gasteiger partial charge in [0.1, 0.15) is 6.23 Å². The second-order valence-corrected chi connectivity index (χ2v) is 7.00. The zero-order valence-corrected chi connectivity index (χ0v) is 16.6. The SMILES string of the molecule is CCCCCCCCCCCCCCCC(O[PH2]=O)OC(C)N. The highest BCUT2D eigenvalue weighted by Gasteiger charge is 2.10. The number of hydrogen-bond donors (Lipinski definition) is 1. The Balaban J connectivity index is 3.27. The van der Waals surface area contributed by atoms with Crippen molar-refractivity contribution in [3.8, 4) is 0 Å². The molecule has 3 unspecified atom stereocenters. The Morgan fingerprint density at radius 1 is 0.826 bits per heavy atom. The van der Waals surface area contributed by atoms with Gasteiger partial charge in [-0.05, 0) is 19.8 Å². The molecule has 23 heavy (non-hydrogen) atoms. The first-order valence-electron chi connectivity index (χ1n) is 9.70. The van der Waals surface area contributed by atoms with Crippen LogP contribution in [0.1, 0.15) is 104 Å². The van der Waals surface area contributed by atoms with Crippen LogP contribution in [0, 0.1) is 0 Å². The van der Waals surface area contributed by atoms with E-state index >= 15 is 0 Å². The van der Waals surface area contributed by atoms with Crippen LogP contribution in [0.15, 0.2) is 0 Å². The van der Waals surface area contributed by atoms with Crippen LogP contribution >= 0.6 is 8.69 Å². The molecule has 0 heterocycles. The van der Waals surface area contributed by atoms with Crippen molar-refractivity contribution >= 4 is 8.69 Å². The summed E-state index contributed by atoms with van der Waals surface area (Å²) in [5.41, 5.74) is 5.57. The van der Waals surface area contributed by atoms with Gasteiger partial charge in [0, 0.05) is 0 Å². The maximum absolute atomic E-state index is 10.6. The molecule has 140 valence electrons. The Morgan fingerprint density at radius 2 is 1.26 bits per heavy atom. The third-order valence-electron chi connectivity index (χ3n) is 4.12. The highest BCUT2D eigenvalue weighted by molar-refractivity contribution is 7.17. The van der Waals surface area contributed by atoms with Gasteiger partial charge in [-0.2, -0.15) is 0 Å². The molecule has 0 saturated carbocycles.